The molecule has 0 radical (unpaired) electrons. The number of nitrogens with one attached hydrogen (secondary N) is 3. The molecule has 2 aromatic carbocycles. The van der Waals surface area contributed by atoms with E-state index >= 15 is 8.78 Å². The number of ether oxygens (including phenoxy) is 1. The number of carbonyl (C=O) groups excluding carboxylic acids is 2. The predicted molar refractivity (Wildman–Crippen MR) is 234 cm³/mol. The van der Waals surface area contributed by atoms with Crippen LogP contribution in [0.3, 0.4) is 0 Å². The van der Waals surface area contributed by atoms with Gasteiger partial charge in [-0.25, -0.2) is 13.8 Å². The van der Waals surface area contributed by atoms with E-state index in [1.807, 2.05) is 23.9 Å². The summed E-state index contributed by atoms with van der Waals surface area (Å²) in [4.78, 5) is 54.3. The molecule has 7 heterocycles. The second-order valence-corrected chi connectivity index (χ2v) is 18.0. The van der Waals surface area contributed by atoms with E-state index in [2.05, 4.69) is 60.8 Å². The number of rotatable bonds is 8. The van der Waals surface area contributed by atoms with Crippen LogP contribution in [-0.4, -0.2) is 105 Å². The number of imide groups is 1. The molecular formula is C44H50ClF2N11O4. The van der Waals surface area contributed by atoms with Gasteiger partial charge in [-0.05, 0) is 87.3 Å². The Morgan fingerprint density at radius 3 is 2.44 bits per heavy atom. The highest BCUT2D eigenvalue weighted by Crippen LogP contribution is 2.46. The van der Waals surface area contributed by atoms with Gasteiger partial charge in [-0.3, -0.25) is 29.3 Å². The lowest BCUT2D eigenvalue weighted by Gasteiger charge is -2.43. The molecule has 326 valence electrons. The van der Waals surface area contributed by atoms with Gasteiger partial charge in [-0.1, -0.05) is 11.6 Å². The third kappa shape index (κ3) is 7.35. The Morgan fingerprint density at radius 2 is 1.69 bits per heavy atom. The summed E-state index contributed by atoms with van der Waals surface area (Å²) < 4.78 is 39.1. The molecule has 0 bridgehead atoms. The second kappa shape index (κ2) is 15.7. The first kappa shape index (κ1) is 40.5. The van der Waals surface area contributed by atoms with E-state index in [9.17, 15) is 14.4 Å². The van der Waals surface area contributed by atoms with Crippen molar-refractivity contribution in [3.05, 3.63) is 63.7 Å². The van der Waals surface area contributed by atoms with Gasteiger partial charge in [0, 0.05) is 88.0 Å². The monoisotopic (exact) mass is 869 g/mol. The summed E-state index contributed by atoms with van der Waals surface area (Å²) in [6.07, 6.45) is 5.78. The van der Waals surface area contributed by atoms with Crippen molar-refractivity contribution in [1.29, 1.82) is 0 Å². The van der Waals surface area contributed by atoms with Crippen LogP contribution in [0.1, 0.15) is 57.1 Å². The van der Waals surface area contributed by atoms with E-state index in [1.54, 1.807) is 19.3 Å². The molecule has 3 atom stereocenters. The summed E-state index contributed by atoms with van der Waals surface area (Å²) in [7, 11) is 3.51. The number of piperidine rings is 2. The fourth-order valence-corrected chi connectivity index (χ4v) is 10.1. The number of benzene rings is 2. The summed E-state index contributed by atoms with van der Waals surface area (Å²) >= 11 is 6.65. The third-order valence-corrected chi connectivity index (χ3v) is 14.1. The number of carbonyl (C=O) groups is 2. The quantitative estimate of drug-likeness (QED) is 0.162. The van der Waals surface area contributed by atoms with Crippen LogP contribution in [0.2, 0.25) is 5.02 Å². The maximum Gasteiger partial charge on any atom is 0.301 e. The highest BCUT2D eigenvalue weighted by atomic mass is 35.5. The van der Waals surface area contributed by atoms with Crippen molar-refractivity contribution in [3.8, 4) is 5.75 Å². The highest BCUT2D eigenvalue weighted by Gasteiger charge is 2.51. The molecule has 5 aliphatic rings. The van der Waals surface area contributed by atoms with E-state index in [0.29, 0.717) is 71.0 Å². The maximum atomic E-state index is 15.2. The van der Waals surface area contributed by atoms with Crippen molar-refractivity contribution in [1.82, 2.24) is 34.5 Å². The van der Waals surface area contributed by atoms with Crippen molar-refractivity contribution >= 4 is 74.0 Å². The van der Waals surface area contributed by atoms with Crippen molar-refractivity contribution < 1.29 is 23.1 Å². The number of amides is 2. The van der Waals surface area contributed by atoms with Crippen LogP contribution in [-0.2, 0) is 23.7 Å². The lowest BCUT2D eigenvalue weighted by Crippen LogP contribution is -2.53. The predicted octanol–water partition coefficient (Wildman–Crippen LogP) is 5.78. The van der Waals surface area contributed by atoms with Gasteiger partial charge in [0.15, 0.2) is 12.4 Å². The van der Waals surface area contributed by atoms with Gasteiger partial charge in [0.25, 0.3) is 5.56 Å². The van der Waals surface area contributed by atoms with E-state index in [1.165, 1.54) is 4.57 Å². The number of hydrogen-bond acceptors (Lipinski definition) is 12. The maximum absolute atomic E-state index is 15.2. The van der Waals surface area contributed by atoms with Crippen molar-refractivity contribution in [2.45, 2.75) is 69.4 Å². The first-order valence-corrected chi connectivity index (χ1v) is 22.0. The zero-order valence-electron chi connectivity index (χ0n) is 35.0. The first-order valence-electron chi connectivity index (χ1n) is 21.6. The van der Waals surface area contributed by atoms with Crippen LogP contribution >= 0.6 is 11.6 Å². The molecule has 1 saturated carbocycles. The summed E-state index contributed by atoms with van der Waals surface area (Å²) in [6, 6.07) is 11.0. The van der Waals surface area contributed by atoms with E-state index in [0.717, 1.165) is 74.4 Å². The Labute approximate surface area is 361 Å². The molecule has 2 amide bonds. The number of halogens is 3. The van der Waals surface area contributed by atoms with Crippen LogP contribution in [0.5, 0.6) is 5.75 Å². The molecule has 62 heavy (non-hydrogen) atoms. The minimum Gasteiger partial charge on any atom is -0.480 e. The van der Waals surface area contributed by atoms with E-state index in [4.69, 9.17) is 26.4 Å². The Hall–Kier alpha value is -5.55. The number of piperazine rings is 1. The van der Waals surface area contributed by atoms with Gasteiger partial charge in [0.2, 0.25) is 23.5 Å². The van der Waals surface area contributed by atoms with Crippen molar-refractivity contribution in [2.24, 2.45) is 25.9 Å². The largest absolute Gasteiger partial charge is 0.480 e. The topological polar surface area (TPSA) is 155 Å². The van der Waals surface area contributed by atoms with Gasteiger partial charge in [0.05, 0.1) is 40.6 Å². The van der Waals surface area contributed by atoms with Gasteiger partial charge >= 0.3 is 5.92 Å². The molecule has 3 N–H and O–H groups in total. The molecule has 0 spiro atoms. The molecule has 15 nitrogen and oxygen atoms in total. The molecule has 4 aliphatic heterocycles. The number of alkyl halides is 2. The van der Waals surface area contributed by atoms with Gasteiger partial charge in [-0.2, -0.15) is 10.1 Å². The number of fused-ring (bicyclic) bond motifs is 4. The fourth-order valence-electron chi connectivity index (χ4n) is 9.97. The van der Waals surface area contributed by atoms with Crippen LogP contribution in [0, 0.1) is 11.8 Å². The fraction of sp³-hybridized carbons (Fsp3) is 0.500. The summed E-state index contributed by atoms with van der Waals surface area (Å²) in [6.45, 7) is 6.80. The number of aryl methyl sites for hydroxylation is 2. The second-order valence-electron chi connectivity index (χ2n) is 17.6. The molecule has 1 unspecified atom stereocenters. The normalized spacial score (nSPS) is 22.8. The standard InChI is InChI=1S/C44H50ClF2N11O4/c1-24(56-16-18-57(19-17-56)28-7-8-29-34(21-28)55(3)53-36(29)30-9-11-35(59)50-41(30)60)25-12-14-58(15-13-25)43-48-22-32(45)40(52-43)49-27-6-10-33-31(20-27)37-38(42(61)54(33)2)62-23-44(46,47)39(51-37)26-4-5-26/h6-8,10,20-22,24-26,30,39,51H,4-5,9,11-19,23H2,1-3H3,(H,48,49,52)(H,50,59,60)/t24-,30?,39-/m0/s1. The Kier molecular flexibility index (Phi) is 10.2. The molecule has 18 heteroatoms. The zero-order valence-corrected chi connectivity index (χ0v) is 35.7. The van der Waals surface area contributed by atoms with Crippen LogP contribution in [0.25, 0.3) is 21.8 Å². The summed E-state index contributed by atoms with van der Waals surface area (Å²) in [5, 5.41) is 15.4. The minimum atomic E-state index is -3.13. The molecule has 10 rings (SSSR count). The smallest absolute Gasteiger partial charge is 0.301 e. The summed E-state index contributed by atoms with van der Waals surface area (Å²) in [5.74, 6) is -2.84. The number of nitrogens with zero attached hydrogens (tertiary/aromatic N) is 8. The van der Waals surface area contributed by atoms with E-state index in [-0.39, 0.29) is 29.2 Å². The molecule has 1 aliphatic carbocycles. The van der Waals surface area contributed by atoms with Crippen molar-refractivity contribution in [2.75, 3.05) is 66.3 Å². The molecule has 3 saturated heterocycles. The van der Waals surface area contributed by atoms with Gasteiger partial charge in [-0.15, -0.1) is 0 Å². The first-order chi connectivity index (χ1) is 29.8. The zero-order chi connectivity index (χ0) is 43.0. The Morgan fingerprint density at radius 1 is 0.919 bits per heavy atom. The average molecular weight is 870 g/mol. The SMILES string of the molecule is C[C@@H](C1CCN(c2ncc(Cl)c(Nc3ccc4c(c3)c3c(c(=O)n4C)OCC(F)(F)[C@H](C4CC4)N3)n2)CC1)N1CCN(c2ccc3c(C4CCC(=O)NC4=O)nn(C)c3c2)CC1. The van der Waals surface area contributed by atoms with Crippen molar-refractivity contribution in [3.63, 3.8) is 0 Å². The number of anilines is 5. The minimum absolute atomic E-state index is 0.106. The number of aromatic nitrogens is 5. The number of hydrogen-bond donors (Lipinski definition) is 3. The van der Waals surface area contributed by atoms with Crippen LogP contribution < -0.4 is 36.0 Å². The molecule has 4 fully saturated rings. The average Bonchev–Trinajstić information content (AvgIpc) is 4.08. The van der Waals surface area contributed by atoms with E-state index < -0.39 is 30.0 Å². The lowest BCUT2D eigenvalue weighted by atomic mass is 9.89. The highest BCUT2D eigenvalue weighted by molar-refractivity contribution is 6.33. The molecule has 5 aromatic rings. The third-order valence-electron chi connectivity index (χ3n) is 13.8. The summed E-state index contributed by atoms with van der Waals surface area (Å²) in [5.41, 5.74) is 3.84. The Bertz CT molecular complexity index is 2650. The lowest BCUT2D eigenvalue weighted by molar-refractivity contribution is -0.134. The van der Waals surface area contributed by atoms with Gasteiger partial charge in [0.1, 0.15) is 5.02 Å². The Balaban J connectivity index is 0.776. The molecular weight excluding hydrogens is 820 g/mol. The van der Waals surface area contributed by atoms with Gasteiger partial charge < -0.3 is 29.7 Å². The number of pyridine rings is 1. The molecule has 3 aromatic heterocycles. The van der Waals surface area contributed by atoms with Crippen LogP contribution in [0.15, 0.2) is 47.4 Å². The van der Waals surface area contributed by atoms with Crippen LogP contribution in [0.4, 0.5) is 37.6 Å².